The van der Waals surface area contributed by atoms with E-state index in [1.165, 1.54) is 22.2 Å². The summed E-state index contributed by atoms with van der Waals surface area (Å²) in [6, 6.07) is 14.6. The van der Waals surface area contributed by atoms with Gasteiger partial charge in [0.05, 0.1) is 35.6 Å². The Morgan fingerprint density at radius 3 is 2.90 bits per heavy atom. The first-order chi connectivity index (χ1) is 14.2. The maximum Gasteiger partial charge on any atom is 0.230 e. The number of rotatable bonds is 7. The third-order valence-corrected chi connectivity index (χ3v) is 6.99. The molecule has 0 spiro atoms. The zero-order chi connectivity index (χ0) is 20.1. The standard InChI is InChI=1S/C22H25N3O2S2/c1-16-13-22(24-18-6-3-2-5-17(16)18)29-15-21(26)23-14-19(20-7-4-12-28-20)25-8-10-27-11-9-25/h2-7,12-13,19H,8-11,14-15H2,1H3,(H,23,26)/t19-/m0/s1. The Bertz CT molecular complexity index is 956. The van der Waals surface area contributed by atoms with Crippen LogP contribution in [0.4, 0.5) is 0 Å². The minimum absolute atomic E-state index is 0.0393. The highest BCUT2D eigenvalue weighted by Crippen LogP contribution is 2.26. The molecule has 1 fully saturated rings. The maximum absolute atomic E-state index is 12.5. The molecule has 2 aromatic heterocycles. The molecule has 3 aromatic rings. The van der Waals surface area contributed by atoms with Crippen molar-refractivity contribution < 1.29 is 9.53 Å². The second-order valence-electron chi connectivity index (χ2n) is 7.07. The lowest BCUT2D eigenvalue weighted by atomic mass is 10.1. The molecule has 0 aliphatic carbocycles. The van der Waals surface area contributed by atoms with Crippen molar-refractivity contribution in [2.45, 2.75) is 18.0 Å². The number of nitrogens with zero attached hydrogens (tertiary/aromatic N) is 2. The van der Waals surface area contributed by atoms with E-state index >= 15 is 0 Å². The van der Waals surface area contributed by atoms with Gasteiger partial charge in [-0.3, -0.25) is 9.69 Å². The molecule has 1 saturated heterocycles. The lowest BCUT2D eigenvalue weighted by molar-refractivity contribution is -0.118. The van der Waals surface area contributed by atoms with Gasteiger partial charge in [0.25, 0.3) is 0 Å². The molecule has 1 aliphatic heterocycles. The lowest BCUT2D eigenvalue weighted by Crippen LogP contribution is -2.43. The number of carbonyl (C=O) groups is 1. The molecule has 5 nitrogen and oxygen atoms in total. The van der Waals surface area contributed by atoms with Crippen LogP contribution in [0.2, 0.25) is 0 Å². The van der Waals surface area contributed by atoms with Crippen LogP contribution in [-0.4, -0.2) is 54.4 Å². The average molecular weight is 428 g/mol. The van der Waals surface area contributed by atoms with E-state index in [0.717, 1.165) is 42.2 Å². The molecule has 7 heteroatoms. The van der Waals surface area contributed by atoms with Gasteiger partial charge in [-0.25, -0.2) is 4.98 Å². The van der Waals surface area contributed by atoms with Crippen LogP contribution in [-0.2, 0) is 9.53 Å². The zero-order valence-electron chi connectivity index (χ0n) is 16.5. The number of pyridine rings is 1. The first-order valence-electron chi connectivity index (χ1n) is 9.82. The largest absolute Gasteiger partial charge is 0.379 e. The quantitative estimate of drug-likeness (QED) is 0.580. The lowest BCUT2D eigenvalue weighted by Gasteiger charge is -2.34. The summed E-state index contributed by atoms with van der Waals surface area (Å²) in [5.74, 6) is 0.405. The number of hydrogen-bond donors (Lipinski definition) is 1. The van der Waals surface area contributed by atoms with Crippen molar-refractivity contribution >= 4 is 39.9 Å². The highest BCUT2D eigenvalue weighted by atomic mass is 32.2. The summed E-state index contributed by atoms with van der Waals surface area (Å²) in [4.78, 5) is 20.9. The smallest absolute Gasteiger partial charge is 0.230 e. The molecule has 0 radical (unpaired) electrons. The van der Waals surface area contributed by atoms with Gasteiger partial charge < -0.3 is 10.1 Å². The minimum atomic E-state index is 0.0393. The van der Waals surface area contributed by atoms with Crippen molar-refractivity contribution in [3.63, 3.8) is 0 Å². The molecule has 1 N–H and O–H groups in total. The number of benzene rings is 1. The number of aromatic nitrogens is 1. The van der Waals surface area contributed by atoms with Gasteiger partial charge in [-0.2, -0.15) is 0 Å². The Balaban J connectivity index is 1.35. The van der Waals surface area contributed by atoms with Crippen LogP contribution in [0.3, 0.4) is 0 Å². The van der Waals surface area contributed by atoms with Crippen LogP contribution in [0.1, 0.15) is 16.5 Å². The Labute approximate surface area is 179 Å². The molecule has 152 valence electrons. The molecule has 1 aromatic carbocycles. The fourth-order valence-electron chi connectivity index (χ4n) is 3.57. The van der Waals surface area contributed by atoms with Crippen LogP contribution in [0.25, 0.3) is 10.9 Å². The van der Waals surface area contributed by atoms with E-state index in [9.17, 15) is 4.79 Å². The first-order valence-corrected chi connectivity index (χ1v) is 11.7. The topological polar surface area (TPSA) is 54.5 Å². The van der Waals surface area contributed by atoms with Crippen molar-refractivity contribution in [1.82, 2.24) is 15.2 Å². The normalized spacial score (nSPS) is 16.0. The number of thiophene rings is 1. The monoisotopic (exact) mass is 427 g/mol. The van der Waals surface area contributed by atoms with E-state index in [1.807, 2.05) is 18.2 Å². The molecule has 1 amide bonds. The minimum Gasteiger partial charge on any atom is -0.379 e. The van der Waals surface area contributed by atoms with Crippen molar-refractivity contribution in [3.05, 3.63) is 58.3 Å². The average Bonchev–Trinajstić information content (AvgIpc) is 3.28. The predicted octanol–water partition coefficient (Wildman–Crippen LogP) is 3.89. The van der Waals surface area contributed by atoms with E-state index in [0.29, 0.717) is 12.3 Å². The predicted molar refractivity (Wildman–Crippen MR) is 120 cm³/mol. The second-order valence-corrected chi connectivity index (χ2v) is 9.04. The zero-order valence-corrected chi connectivity index (χ0v) is 18.1. The summed E-state index contributed by atoms with van der Waals surface area (Å²) in [6.07, 6.45) is 0. The van der Waals surface area contributed by atoms with Crippen molar-refractivity contribution in [1.29, 1.82) is 0 Å². The van der Waals surface area contributed by atoms with Gasteiger partial charge in [-0.05, 0) is 36.1 Å². The van der Waals surface area contributed by atoms with Gasteiger partial charge in [0.15, 0.2) is 0 Å². The Kier molecular flexibility index (Phi) is 6.82. The van der Waals surface area contributed by atoms with E-state index in [1.54, 1.807) is 11.3 Å². The SMILES string of the molecule is Cc1cc(SCC(=O)NC[C@@H](c2cccs2)N2CCOCC2)nc2ccccc12. The number of fused-ring (bicyclic) bond motifs is 1. The molecular formula is C22H25N3O2S2. The van der Waals surface area contributed by atoms with Crippen LogP contribution < -0.4 is 5.32 Å². The molecule has 0 unspecified atom stereocenters. The highest BCUT2D eigenvalue weighted by molar-refractivity contribution is 7.99. The highest BCUT2D eigenvalue weighted by Gasteiger charge is 2.24. The fourth-order valence-corrected chi connectivity index (χ4v) is 5.24. The molecule has 4 rings (SSSR count). The Morgan fingerprint density at radius 1 is 1.28 bits per heavy atom. The summed E-state index contributed by atoms with van der Waals surface area (Å²) >= 11 is 3.23. The second kappa shape index (κ2) is 9.71. The van der Waals surface area contributed by atoms with Gasteiger partial charge in [-0.1, -0.05) is 36.0 Å². The van der Waals surface area contributed by atoms with Crippen molar-refractivity contribution in [2.75, 3.05) is 38.6 Å². The Morgan fingerprint density at radius 2 is 2.10 bits per heavy atom. The molecule has 1 atom stereocenters. The number of aryl methyl sites for hydroxylation is 1. The fraction of sp³-hybridized carbons (Fsp3) is 0.364. The van der Waals surface area contributed by atoms with Gasteiger partial charge in [0, 0.05) is 29.9 Å². The molecular weight excluding hydrogens is 402 g/mol. The van der Waals surface area contributed by atoms with Gasteiger partial charge >= 0.3 is 0 Å². The van der Waals surface area contributed by atoms with E-state index in [4.69, 9.17) is 4.74 Å². The number of para-hydroxylation sites is 1. The number of morpholine rings is 1. The summed E-state index contributed by atoms with van der Waals surface area (Å²) in [5.41, 5.74) is 2.16. The summed E-state index contributed by atoms with van der Waals surface area (Å²) in [6.45, 7) is 5.99. The number of ether oxygens (including phenoxy) is 1. The van der Waals surface area contributed by atoms with E-state index in [2.05, 4.69) is 51.8 Å². The number of thioether (sulfide) groups is 1. The van der Waals surface area contributed by atoms with E-state index in [-0.39, 0.29) is 11.9 Å². The van der Waals surface area contributed by atoms with Gasteiger partial charge in [-0.15, -0.1) is 11.3 Å². The molecule has 0 bridgehead atoms. The number of carbonyl (C=O) groups excluding carboxylic acids is 1. The van der Waals surface area contributed by atoms with Gasteiger partial charge in [0.1, 0.15) is 0 Å². The van der Waals surface area contributed by atoms with Crippen molar-refractivity contribution in [2.24, 2.45) is 0 Å². The van der Waals surface area contributed by atoms with E-state index < -0.39 is 0 Å². The maximum atomic E-state index is 12.5. The number of hydrogen-bond acceptors (Lipinski definition) is 6. The van der Waals surface area contributed by atoms with Crippen LogP contribution in [0, 0.1) is 6.92 Å². The Hall–Kier alpha value is -1.93. The third-order valence-electron chi connectivity index (χ3n) is 5.10. The first kappa shape index (κ1) is 20.3. The molecule has 1 aliphatic rings. The van der Waals surface area contributed by atoms with Crippen molar-refractivity contribution in [3.8, 4) is 0 Å². The summed E-state index contributed by atoms with van der Waals surface area (Å²) < 4.78 is 5.48. The molecule has 0 saturated carbocycles. The summed E-state index contributed by atoms with van der Waals surface area (Å²) in [5, 5.41) is 7.26. The van der Waals surface area contributed by atoms with Crippen LogP contribution in [0.15, 0.2) is 52.9 Å². The summed E-state index contributed by atoms with van der Waals surface area (Å²) in [7, 11) is 0. The van der Waals surface area contributed by atoms with Crippen LogP contribution >= 0.6 is 23.1 Å². The molecule has 3 heterocycles. The number of amides is 1. The molecule has 29 heavy (non-hydrogen) atoms. The third kappa shape index (κ3) is 5.17. The number of nitrogens with one attached hydrogen (secondary N) is 1. The van der Waals surface area contributed by atoms with Gasteiger partial charge in [0.2, 0.25) is 5.91 Å². The van der Waals surface area contributed by atoms with Crippen LogP contribution in [0.5, 0.6) is 0 Å².